The van der Waals surface area contributed by atoms with E-state index in [2.05, 4.69) is 11.9 Å². The lowest BCUT2D eigenvalue weighted by Gasteiger charge is -2.20. The SMILES string of the molecule is CCOC(=O)CCSC1=C(CC)CN=C(c2ccc(Cl)cc2Cl)O1. The molecule has 2 rings (SSSR count). The van der Waals surface area contributed by atoms with E-state index < -0.39 is 0 Å². The van der Waals surface area contributed by atoms with Crippen LogP contribution in [0.2, 0.25) is 10.0 Å². The summed E-state index contributed by atoms with van der Waals surface area (Å²) in [4.78, 5) is 15.9. The molecule has 7 heteroatoms. The number of carbonyl (C=O) groups excluding carboxylic acids is 1. The lowest BCUT2D eigenvalue weighted by Crippen LogP contribution is -2.15. The molecule has 1 heterocycles. The third-order valence-electron chi connectivity index (χ3n) is 3.32. The van der Waals surface area contributed by atoms with Crippen LogP contribution in [0.4, 0.5) is 0 Å². The van der Waals surface area contributed by atoms with Crippen molar-refractivity contribution in [2.24, 2.45) is 4.99 Å². The summed E-state index contributed by atoms with van der Waals surface area (Å²) in [5, 5.41) is 1.85. The molecular formula is C17H19Cl2NO3S. The zero-order valence-electron chi connectivity index (χ0n) is 13.6. The Labute approximate surface area is 156 Å². The van der Waals surface area contributed by atoms with E-state index in [1.54, 1.807) is 25.1 Å². The second kappa shape index (κ2) is 9.35. The van der Waals surface area contributed by atoms with Crippen molar-refractivity contribution >= 4 is 46.8 Å². The van der Waals surface area contributed by atoms with Crippen LogP contribution < -0.4 is 0 Å². The maximum absolute atomic E-state index is 11.5. The predicted octanol–water partition coefficient (Wildman–Crippen LogP) is 5.08. The topological polar surface area (TPSA) is 47.9 Å². The Morgan fingerprint density at radius 2 is 2.17 bits per heavy atom. The van der Waals surface area contributed by atoms with Crippen molar-refractivity contribution in [2.75, 3.05) is 18.9 Å². The lowest BCUT2D eigenvalue weighted by molar-refractivity contribution is -0.142. The minimum absolute atomic E-state index is 0.200. The molecule has 0 radical (unpaired) electrons. The molecule has 0 fully saturated rings. The standard InChI is InChI=1S/C17H19Cl2NO3S/c1-3-11-10-20-16(13-6-5-12(18)9-14(13)19)23-17(11)24-8-7-15(21)22-4-2/h5-6,9H,3-4,7-8,10H2,1-2H3. The molecule has 1 aliphatic heterocycles. The molecule has 0 spiro atoms. The lowest BCUT2D eigenvalue weighted by atomic mass is 10.2. The molecule has 0 saturated heterocycles. The average molecular weight is 388 g/mol. The summed E-state index contributed by atoms with van der Waals surface area (Å²) in [6.45, 7) is 4.81. The van der Waals surface area contributed by atoms with Crippen LogP contribution in [-0.2, 0) is 14.3 Å². The van der Waals surface area contributed by atoms with Crippen LogP contribution in [0, 0.1) is 0 Å². The summed E-state index contributed by atoms with van der Waals surface area (Å²) in [6, 6.07) is 5.21. The highest BCUT2D eigenvalue weighted by Gasteiger charge is 2.20. The molecule has 0 aliphatic carbocycles. The van der Waals surface area contributed by atoms with Crippen molar-refractivity contribution in [3.63, 3.8) is 0 Å². The maximum Gasteiger partial charge on any atom is 0.306 e. The van der Waals surface area contributed by atoms with E-state index in [4.69, 9.17) is 32.7 Å². The van der Waals surface area contributed by atoms with Gasteiger partial charge in [0.1, 0.15) is 0 Å². The molecule has 130 valence electrons. The number of carbonyl (C=O) groups is 1. The number of ether oxygens (including phenoxy) is 2. The van der Waals surface area contributed by atoms with Gasteiger partial charge in [0.05, 0.1) is 30.2 Å². The van der Waals surface area contributed by atoms with Crippen LogP contribution in [0.15, 0.2) is 33.9 Å². The second-order valence-corrected chi connectivity index (χ2v) is 6.91. The van der Waals surface area contributed by atoms with Crippen molar-refractivity contribution in [2.45, 2.75) is 26.7 Å². The van der Waals surface area contributed by atoms with Gasteiger partial charge in [-0.05, 0) is 31.5 Å². The molecule has 0 bridgehead atoms. The molecule has 0 aromatic heterocycles. The van der Waals surface area contributed by atoms with E-state index in [-0.39, 0.29) is 5.97 Å². The number of hydrogen-bond acceptors (Lipinski definition) is 5. The summed E-state index contributed by atoms with van der Waals surface area (Å²) in [7, 11) is 0. The van der Waals surface area contributed by atoms with Crippen molar-refractivity contribution < 1.29 is 14.3 Å². The molecule has 1 aliphatic rings. The number of halogens is 2. The molecule has 1 aromatic carbocycles. The number of aliphatic imine (C=N–C) groups is 1. The first-order chi connectivity index (χ1) is 11.5. The summed E-state index contributed by atoms with van der Waals surface area (Å²) >= 11 is 13.7. The van der Waals surface area contributed by atoms with Crippen LogP contribution in [-0.4, -0.2) is 30.8 Å². The minimum atomic E-state index is -0.200. The Hall–Kier alpha value is -1.17. The van der Waals surface area contributed by atoms with Gasteiger partial charge in [0.2, 0.25) is 5.90 Å². The average Bonchev–Trinajstić information content (AvgIpc) is 2.55. The van der Waals surface area contributed by atoms with Crippen molar-refractivity contribution in [3.05, 3.63) is 44.5 Å². The van der Waals surface area contributed by atoms with Gasteiger partial charge < -0.3 is 9.47 Å². The van der Waals surface area contributed by atoms with Crippen LogP contribution in [0.1, 0.15) is 32.3 Å². The highest BCUT2D eigenvalue weighted by Crippen LogP contribution is 2.31. The van der Waals surface area contributed by atoms with E-state index in [0.29, 0.717) is 46.8 Å². The summed E-state index contributed by atoms with van der Waals surface area (Å²) in [5.41, 5.74) is 1.82. The van der Waals surface area contributed by atoms with Crippen molar-refractivity contribution in [1.29, 1.82) is 0 Å². The predicted molar refractivity (Wildman–Crippen MR) is 100.0 cm³/mol. The van der Waals surface area contributed by atoms with E-state index in [1.807, 2.05) is 0 Å². The van der Waals surface area contributed by atoms with Gasteiger partial charge in [0.15, 0.2) is 5.09 Å². The fourth-order valence-corrected chi connectivity index (χ4v) is 3.57. The summed E-state index contributed by atoms with van der Waals surface area (Å²) in [5.74, 6) is 0.876. The first-order valence-electron chi connectivity index (χ1n) is 7.73. The quantitative estimate of drug-likeness (QED) is 0.612. The summed E-state index contributed by atoms with van der Waals surface area (Å²) in [6.07, 6.45) is 1.18. The Morgan fingerprint density at radius 3 is 2.83 bits per heavy atom. The number of hydrogen-bond donors (Lipinski definition) is 0. The second-order valence-electron chi connectivity index (χ2n) is 5.00. The maximum atomic E-state index is 11.5. The number of benzene rings is 1. The van der Waals surface area contributed by atoms with E-state index in [1.165, 1.54) is 11.8 Å². The molecule has 0 N–H and O–H groups in total. The van der Waals surface area contributed by atoms with E-state index >= 15 is 0 Å². The third kappa shape index (κ3) is 5.16. The normalized spacial score (nSPS) is 14.2. The number of rotatable bonds is 7. The van der Waals surface area contributed by atoms with Crippen LogP contribution in [0.3, 0.4) is 0 Å². The van der Waals surface area contributed by atoms with Crippen molar-refractivity contribution in [1.82, 2.24) is 0 Å². The Kier molecular flexibility index (Phi) is 7.46. The number of esters is 1. The molecule has 4 nitrogen and oxygen atoms in total. The highest BCUT2D eigenvalue weighted by molar-refractivity contribution is 8.02. The minimum Gasteiger partial charge on any atom is -0.466 e. The van der Waals surface area contributed by atoms with Gasteiger partial charge in [-0.25, -0.2) is 4.99 Å². The fourth-order valence-electron chi connectivity index (χ4n) is 2.07. The van der Waals surface area contributed by atoms with Crippen LogP contribution in [0.25, 0.3) is 0 Å². The van der Waals surface area contributed by atoms with E-state index in [9.17, 15) is 4.79 Å². The summed E-state index contributed by atoms with van der Waals surface area (Å²) < 4.78 is 10.9. The Bertz CT molecular complexity index is 674. The van der Waals surface area contributed by atoms with E-state index in [0.717, 1.165) is 17.1 Å². The highest BCUT2D eigenvalue weighted by atomic mass is 35.5. The first kappa shape index (κ1) is 19.2. The van der Waals surface area contributed by atoms with Gasteiger partial charge in [-0.3, -0.25) is 4.79 Å². The number of nitrogens with zero attached hydrogens (tertiary/aromatic N) is 1. The van der Waals surface area contributed by atoms with Crippen LogP contribution >= 0.6 is 35.0 Å². The number of thioether (sulfide) groups is 1. The molecule has 0 saturated carbocycles. The Balaban J connectivity index is 2.04. The molecule has 1 aromatic rings. The van der Waals surface area contributed by atoms with Gasteiger partial charge >= 0.3 is 5.97 Å². The molecule has 0 atom stereocenters. The zero-order chi connectivity index (χ0) is 17.5. The molecule has 24 heavy (non-hydrogen) atoms. The van der Waals surface area contributed by atoms with Crippen molar-refractivity contribution in [3.8, 4) is 0 Å². The first-order valence-corrected chi connectivity index (χ1v) is 9.47. The van der Waals surface area contributed by atoms with Gasteiger partial charge in [-0.15, -0.1) is 0 Å². The monoisotopic (exact) mass is 387 g/mol. The van der Waals surface area contributed by atoms with Gasteiger partial charge in [0.25, 0.3) is 0 Å². The smallest absolute Gasteiger partial charge is 0.306 e. The zero-order valence-corrected chi connectivity index (χ0v) is 15.9. The van der Waals surface area contributed by atoms with Gasteiger partial charge in [-0.1, -0.05) is 41.9 Å². The molecule has 0 unspecified atom stereocenters. The Morgan fingerprint density at radius 1 is 1.38 bits per heavy atom. The molecule has 0 amide bonds. The van der Waals surface area contributed by atoms with Gasteiger partial charge in [0, 0.05) is 16.3 Å². The fraction of sp³-hybridized carbons (Fsp3) is 0.412. The van der Waals surface area contributed by atoms with Gasteiger partial charge in [-0.2, -0.15) is 0 Å². The molecular weight excluding hydrogens is 369 g/mol. The van der Waals surface area contributed by atoms with Crippen LogP contribution in [0.5, 0.6) is 0 Å². The largest absolute Gasteiger partial charge is 0.466 e. The third-order valence-corrected chi connectivity index (χ3v) is 4.91.